The summed E-state index contributed by atoms with van der Waals surface area (Å²) in [5.74, 6) is 0.355. The fraction of sp³-hybridized carbons (Fsp3) is 0. The lowest BCUT2D eigenvalue weighted by atomic mass is 9.95. The zero-order valence-corrected chi connectivity index (χ0v) is 17.7. The van der Waals surface area contributed by atoms with Crippen LogP contribution in [0.3, 0.4) is 0 Å². The Morgan fingerprint density at radius 2 is 0.735 bits per heavy atom. The molecule has 0 bridgehead atoms. The second-order valence-electron chi connectivity index (χ2n) is 8.56. The van der Waals surface area contributed by atoms with Gasteiger partial charge in [0.2, 0.25) is 0 Å². The van der Waals surface area contributed by atoms with E-state index in [2.05, 4.69) is 10.6 Å². The van der Waals surface area contributed by atoms with Crippen LogP contribution in [0, 0.1) is 0 Å². The second kappa shape index (κ2) is 6.36. The standard InChI is InChI=1S/C28H18N2O4/c31-25-13-5-1-3-7-15(13)27(33)21-17(25)9-11-19-23(21)29-20-12-10-18-22(24(20)30-19)28(34)16-8-4-2-6-14(16)26(18)32/h1-12,29-34H. The summed E-state index contributed by atoms with van der Waals surface area (Å²) in [6.45, 7) is 0. The Hall–Kier alpha value is -4.84. The molecule has 0 saturated heterocycles. The van der Waals surface area contributed by atoms with Gasteiger partial charge in [0.05, 0.1) is 33.5 Å². The molecule has 1 heterocycles. The van der Waals surface area contributed by atoms with E-state index in [1.165, 1.54) is 0 Å². The number of aromatic hydroxyl groups is 4. The molecule has 34 heavy (non-hydrogen) atoms. The van der Waals surface area contributed by atoms with Gasteiger partial charge in [-0.25, -0.2) is 0 Å². The first-order valence-corrected chi connectivity index (χ1v) is 10.9. The average molecular weight is 446 g/mol. The molecule has 0 unspecified atom stereocenters. The molecule has 0 aliphatic carbocycles. The van der Waals surface area contributed by atoms with E-state index in [1.54, 1.807) is 36.4 Å². The van der Waals surface area contributed by atoms with E-state index >= 15 is 0 Å². The summed E-state index contributed by atoms with van der Waals surface area (Å²) >= 11 is 0. The Morgan fingerprint density at radius 1 is 0.382 bits per heavy atom. The molecule has 1 aliphatic rings. The van der Waals surface area contributed by atoms with Gasteiger partial charge in [-0.2, -0.15) is 0 Å². The van der Waals surface area contributed by atoms with Gasteiger partial charge in [-0.15, -0.1) is 0 Å². The van der Waals surface area contributed by atoms with Crippen molar-refractivity contribution in [2.75, 3.05) is 10.6 Å². The normalized spacial score (nSPS) is 12.5. The summed E-state index contributed by atoms with van der Waals surface area (Å²) in [4.78, 5) is 0. The fourth-order valence-corrected chi connectivity index (χ4v) is 5.18. The Labute approximate surface area is 192 Å². The monoisotopic (exact) mass is 446 g/mol. The Bertz CT molecular complexity index is 1720. The number of fused-ring (bicyclic) bond motifs is 8. The van der Waals surface area contributed by atoms with Crippen molar-refractivity contribution < 1.29 is 20.4 Å². The van der Waals surface area contributed by atoms with Crippen LogP contribution in [0.15, 0.2) is 72.8 Å². The molecule has 0 aromatic heterocycles. The van der Waals surface area contributed by atoms with Crippen LogP contribution in [0.25, 0.3) is 43.1 Å². The first-order chi connectivity index (χ1) is 16.5. The number of anilines is 4. The largest absolute Gasteiger partial charge is 0.507 e. The zero-order valence-electron chi connectivity index (χ0n) is 17.7. The number of hydrogen-bond donors (Lipinski definition) is 6. The van der Waals surface area contributed by atoms with Crippen molar-refractivity contribution >= 4 is 65.8 Å². The molecule has 6 aromatic carbocycles. The Morgan fingerprint density at radius 3 is 1.12 bits per heavy atom. The summed E-state index contributed by atoms with van der Waals surface area (Å²) < 4.78 is 0. The molecular weight excluding hydrogens is 428 g/mol. The van der Waals surface area contributed by atoms with E-state index < -0.39 is 0 Å². The van der Waals surface area contributed by atoms with Crippen LogP contribution in [-0.2, 0) is 0 Å². The minimum atomic E-state index is 0.0743. The summed E-state index contributed by atoms with van der Waals surface area (Å²) in [7, 11) is 0. The maximum atomic E-state index is 11.2. The van der Waals surface area contributed by atoms with Gasteiger partial charge in [-0.1, -0.05) is 48.5 Å². The topological polar surface area (TPSA) is 105 Å². The third kappa shape index (κ3) is 2.24. The number of hydrogen-bond acceptors (Lipinski definition) is 6. The van der Waals surface area contributed by atoms with E-state index in [0.29, 0.717) is 65.8 Å². The van der Waals surface area contributed by atoms with Gasteiger partial charge in [-0.3, -0.25) is 0 Å². The average Bonchev–Trinajstić information content (AvgIpc) is 2.88. The molecule has 164 valence electrons. The predicted molar refractivity (Wildman–Crippen MR) is 136 cm³/mol. The Balaban J connectivity index is 1.53. The SMILES string of the molecule is Oc1c2ccccc2c(O)c2c3c(ccc12)Nc1c(ccc2c(O)c4ccccc4c(O)c12)N3. The highest BCUT2D eigenvalue weighted by Gasteiger charge is 2.25. The van der Waals surface area contributed by atoms with Crippen LogP contribution < -0.4 is 10.6 Å². The van der Waals surface area contributed by atoms with E-state index in [0.717, 1.165) is 0 Å². The fourth-order valence-electron chi connectivity index (χ4n) is 5.18. The number of phenols is 4. The van der Waals surface area contributed by atoms with E-state index in [9.17, 15) is 20.4 Å². The molecule has 0 spiro atoms. The quantitative estimate of drug-likeness (QED) is 0.112. The molecule has 6 N–H and O–H groups in total. The van der Waals surface area contributed by atoms with E-state index in [-0.39, 0.29) is 23.0 Å². The minimum Gasteiger partial charge on any atom is -0.507 e. The molecule has 6 heteroatoms. The summed E-state index contributed by atoms with van der Waals surface area (Å²) in [5.41, 5.74) is 2.58. The van der Waals surface area contributed by atoms with Crippen LogP contribution in [0.4, 0.5) is 22.7 Å². The Kier molecular flexibility index (Phi) is 3.50. The summed E-state index contributed by atoms with van der Waals surface area (Å²) in [6, 6.07) is 21.5. The number of phenolic OH excluding ortho intramolecular Hbond substituents is 4. The maximum Gasteiger partial charge on any atom is 0.133 e. The molecule has 6 aromatic rings. The second-order valence-corrected chi connectivity index (χ2v) is 8.56. The van der Waals surface area contributed by atoms with Crippen molar-refractivity contribution in [1.29, 1.82) is 0 Å². The lowest BCUT2D eigenvalue weighted by Gasteiger charge is -2.27. The molecule has 0 fully saturated rings. The lowest BCUT2D eigenvalue weighted by molar-refractivity contribution is 0.478. The summed E-state index contributed by atoms with van der Waals surface area (Å²) in [5, 5.41) is 55.2. The van der Waals surface area contributed by atoms with Gasteiger partial charge < -0.3 is 31.1 Å². The highest BCUT2D eigenvalue weighted by molar-refractivity contribution is 6.22. The lowest BCUT2D eigenvalue weighted by Crippen LogP contribution is -2.07. The van der Waals surface area contributed by atoms with Gasteiger partial charge in [0.25, 0.3) is 0 Å². The molecule has 0 atom stereocenters. The number of rotatable bonds is 0. The van der Waals surface area contributed by atoms with Crippen molar-refractivity contribution in [3.63, 3.8) is 0 Å². The van der Waals surface area contributed by atoms with Gasteiger partial charge >= 0.3 is 0 Å². The molecule has 0 radical (unpaired) electrons. The first-order valence-electron chi connectivity index (χ1n) is 10.9. The van der Waals surface area contributed by atoms with Crippen molar-refractivity contribution in [3.8, 4) is 23.0 Å². The minimum absolute atomic E-state index is 0.0743. The smallest absolute Gasteiger partial charge is 0.133 e. The summed E-state index contributed by atoms with van der Waals surface area (Å²) in [6.07, 6.45) is 0. The number of nitrogens with one attached hydrogen (secondary N) is 2. The zero-order chi connectivity index (χ0) is 23.1. The van der Waals surface area contributed by atoms with Crippen molar-refractivity contribution in [2.45, 2.75) is 0 Å². The van der Waals surface area contributed by atoms with Crippen LogP contribution in [0.2, 0.25) is 0 Å². The predicted octanol–water partition coefficient (Wildman–Crippen LogP) is 6.92. The van der Waals surface area contributed by atoms with E-state index in [4.69, 9.17) is 0 Å². The van der Waals surface area contributed by atoms with Crippen LogP contribution in [0.5, 0.6) is 23.0 Å². The van der Waals surface area contributed by atoms with Crippen molar-refractivity contribution in [2.24, 2.45) is 0 Å². The molecule has 7 rings (SSSR count). The van der Waals surface area contributed by atoms with Crippen molar-refractivity contribution in [3.05, 3.63) is 72.8 Å². The number of benzene rings is 6. The van der Waals surface area contributed by atoms with Gasteiger partial charge in [0.1, 0.15) is 23.0 Å². The highest BCUT2D eigenvalue weighted by Crippen LogP contribution is 2.54. The highest BCUT2D eigenvalue weighted by atomic mass is 16.3. The van der Waals surface area contributed by atoms with Crippen LogP contribution in [-0.4, -0.2) is 20.4 Å². The van der Waals surface area contributed by atoms with Gasteiger partial charge in [0, 0.05) is 32.3 Å². The van der Waals surface area contributed by atoms with Crippen LogP contribution >= 0.6 is 0 Å². The first kappa shape index (κ1) is 18.7. The van der Waals surface area contributed by atoms with E-state index in [1.807, 2.05) is 36.4 Å². The van der Waals surface area contributed by atoms with Crippen LogP contribution in [0.1, 0.15) is 0 Å². The van der Waals surface area contributed by atoms with Gasteiger partial charge in [-0.05, 0) is 24.3 Å². The third-order valence-electron chi connectivity index (χ3n) is 6.79. The third-order valence-corrected chi connectivity index (χ3v) is 6.79. The molecular formula is C28H18N2O4. The molecule has 0 amide bonds. The van der Waals surface area contributed by atoms with Crippen molar-refractivity contribution in [1.82, 2.24) is 0 Å². The molecule has 6 nitrogen and oxygen atoms in total. The molecule has 1 aliphatic heterocycles. The maximum absolute atomic E-state index is 11.2. The van der Waals surface area contributed by atoms with Gasteiger partial charge in [0.15, 0.2) is 0 Å². The molecule has 0 saturated carbocycles.